The average Bonchev–Trinajstić information content (AvgIpc) is 3.59. The van der Waals surface area contributed by atoms with E-state index in [1.165, 1.54) is 6.07 Å². The third kappa shape index (κ3) is 7.74. The summed E-state index contributed by atoms with van der Waals surface area (Å²) < 4.78 is 25.1. The van der Waals surface area contributed by atoms with Crippen LogP contribution in [0, 0.1) is 0 Å². The number of hydrogen-bond acceptors (Lipinski definition) is 9. The molecule has 0 atom stereocenters. The van der Waals surface area contributed by atoms with Crippen molar-refractivity contribution in [3.05, 3.63) is 136 Å². The van der Waals surface area contributed by atoms with Gasteiger partial charge in [-0.3, -0.25) is 9.59 Å². The van der Waals surface area contributed by atoms with Gasteiger partial charge in [0.05, 0.1) is 48.3 Å². The molecule has 0 aliphatic carbocycles. The maximum atomic E-state index is 12.4. The molecule has 1 N–H and O–H groups in total. The standard InChI is InChI=1S/C38H33N5O6/c44-34-24-36(49-35-10-4-2-8-32(34)35)26-11-15-30(16-12-26)48-23-22-46-21-19-43-25-28(41-42-43)6-5-20-47-29-17-13-27(14-18-29)37-39-33-9-3-1-7-31(33)38(45)40-37/h1-4,7-18,24-25H,5-6,19-23H2,(H,39,40,45). The summed E-state index contributed by atoms with van der Waals surface area (Å²) >= 11 is 0. The van der Waals surface area contributed by atoms with Crippen LogP contribution in [0.25, 0.3) is 44.6 Å². The summed E-state index contributed by atoms with van der Waals surface area (Å²) in [5.74, 6) is 2.48. The number of aromatic amines is 1. The van der Waals surface area contributed by atoms with E-state index in [0.717, 1.165) is 35.4 Å². The zero-order valence-electron chi connectivity index (χ0n) is 26.6. The Labute approximate surface area is 280 Å². The highest BCUT2D eigenvalue weighted by atomic mass is 16.5. The molecule has 0 aliphatic heterocycles. The number of H-pyrrole nitrogens is 1. The van der Waals surface area contributed by atoms with Crippen molar-refractivity contribution in [2.75, 3.05) is 26.4 Å². The van der Waals surface area contributed by atoms with Crippen LogP contribution in [-0.2, 0) is 17.7 Å². The van der Waals surface area contributed by atoms with E-state index in [2.05, 4.69) is 20.3 Å². The van der Waals surface area contributed by atoms with Crippen LogP contribution in [0.5, 0.6) is 11.5 Å². The molecule has 3 aromatic heterocycles. The first-order valence-corrected chi connectivity index (χ1v) is 16.0. The third-order valence-corrected chi connectivity index (χ3v) is 7.91. The van der Waals surface area contributed by atoms with Gasteiger partial charge in [0.2, 0.25) is 0 Å². The molecule has 0 saturated heterocycles. The second kappa shape index (κ2) is 14.8. The number of aryl methyl sites for hydroxylation is 1. The van der Waals surface area contributed by atoms with Gasteiger partial charge in [0.25, 0.3) is 5.56 Å². The van der Waals surface area contributed by atoms with E-state index in [0.29, 0.717) is 72.2 Å². The molecule has 7 aromatic rings. The van der Waals surface area contributed by atoms with E-state index in [9.17, 15) is 9.59 Å². The predicted molar refractivity (Wildman–Crippen MR) is 186 cm³/mol. The van der Waals surface area contributed by atoms with E-state index < -0.39 is 0 Å². The fourth-order valence-electron chi connectivity index (χ4n) is 5.38. The zero-order valence-corrected chi connectivity index (χ0v) is 26.6. The maximum absolute atomic E-state index is 12.4. The highest BCUT2D eigenvalue weighted by Gasteiger charge is 2.09. The molecular weight excluding hydrogens is 622 g/mol. The van der Waals surface area contributed by atoms with E-state index in [4.69, 9.17) is 18.6 Å². The second-order valence-corrected chi connectivity index (χ2v) is 11.3. The first-order valence-electron chi connectivity index (χ1n) is 16.0. The Kier molecular flexibility index (Phi) is 9.51. The number of hydrogen-bond donors (Lipinski definition) is 1. The molecule has 7 rings (SSSR count). The fraction of sp³-hybridized carbons (Fsp3) is 0.184. The summed E-state index contributed by atoms with van der Waals surface area (Å²) in [6, 6.07) is 30.9. The number of nitrogens with one attached hydrogen (secondary N) is 1. The highest BCUT2D eigenvalue weighted by molar-refractivity contribution is 5.80. The lowest BCUT2D eigenvalue weighted by Gasteiger charge is -2.08. The molecule has 0 unspecified atom stereocenters. The Morgan fingerprint density at radius 2 is 1.45 bits per heavy atom. The summed E-state index contributed by atoms with van der Waals surface area (Å²) in [6.45, 7) is 2.42. The first kappa shape index (κ1) is 31.5. The van der Waals surface area contributed by atoms with Gasteiger partial charge in [-0.15, -0.1) is 5.10 Å². The second-order valence-electron chi connectivity index (χ2n) is 11.3. The largest absolute Gasteiger partial charge is 0.494 e. The number of ether oxygens (including phenoxy) is 3. The number of para-hydroxylation sites is 2. The summed E-state index contributed by atoms with van der Waals surface area (Å²) in [5, 5.41) is 9.58. The van der Waals surface area contributed by atoms with Gasteiger partial charge < -0.3 is 23.6 Å². The van der Waals surface area contributed by atoms with E-state index in [1.54, 1.807) is 22.9 Å². The van der Waals surface area contributed by atoms with Crippen LogP contribution < -0.4 is 20.5 Å². The lowest BCUT2D eigenvalue weighted by Crippen LogP contribution is -2.11. The molecule has 4 aromatic carbocycles. The molecule has 3 heterocycles. The molecule has 0 radical (unpaired) electrons. The van der Waals surface area contributed by atoms with Crippen LogP contribution in [0.2, 0.25) is 0 Å². The van der Waals surface area contributed by atoms with Crippen molar-refractivity contribution >= 4 is 21.9 Å². The maximum Gasteiger partial charge on any atom is 0.259 e. The van der Waals surface area contributed by atoms with Gasteiger partial charge in [-0.25, -0.2) is 9.67 Å². The van der Waals surface area contributed by atoms with Gasteiger partial charge in [0.1, 0.15) is 35.3 Å². The Morgan fingerprint density at radius 1 is 0.735 bits per heavy atom. The molecular formula is C38H33N5O6. The van der Waals surface area contributed by atoms with Crippen LogP contribution in [0.1, 0.15) is 12.1 Å². The molecule has 0 fully saturated rings. The number of aromatic nitrogens is 5. The van der Waals surface area contributed by atoms with E-state index in [1.807, 2.05) is 85.1 Å². The van der Waals surface area contributed by atoms with Gasteiger partial charge in [-0.2, -0.15) is 0 Å². The van der Waals surface area contributed by atoms with Gasteiger partial charge in [-0.1, -0.05) is 29.5 Å². The van der Waals surface area contributed by atoms with E-state index >= 15 is 0 Å². The van der Waals surface area contributed by atoms with Crippen molar-refractivity contribution in [3.63, 3.8) is 0 Å². The lowest BCUT2D eigenvalue weighted by molar-refractivity contribution is 0.0923. The summed E-state index contributed by atoms with van der Waals surface area (Å²) in [5.41, 5.74) is 3.49. The van der Waals surface area contributed by atoms with Crippen LogP contribution in [0.4, 0.5) is 0 Å². The predicted octanol–water partition coefficient (Wildman–Crippen LogP) is 6.06. The molecule has 49 heavy (non-hydrogen) atoms. The smallest absolute Gasteiger partial charge is 0.259 e. The quantitative estimate of drug-likeness (QED) is 0.139. The van der Waals surface area contributed by atoms with Gasteiger partial charge in [0.15, 0.2) is 5.43 Å². The molecule has 11 heteroatoms. The normalized spacial score (nSPS) is 11.3. The van der Waals surface area contributed by atoms with Gasteiger partial charge >= 0.3 is 0 Å². The van der Waals surface area contributed by atoms with Gasteiger partial charge in [0, 0.05) is 23.4 Å². The minimum Gasteiger partial charge on any atom is -0.494 e. The Balaban J connectivity index is 0.787. The molecule has 0 amide bonds. The molecule has 0 aliphatic rings. The third-order valence-electron chi connectivity index (χ3n) is 7.91. The van der Waals surface area contributed by atoms with Crippen molar-refractivity contribution < 1.29 is 18.6 Å². The van der Waals surface area contributed by atoms with Crippen molar-refractivity contribution in [1.29, 1.82) is 0 Å². The topological polar surface area (TPSA) is 134 Å². The average molecular weight is 656 g/mol. The van der Waals surface area contributed by atoms with Crippen LogP contribution in [0.3, 0.4) is 0 Å². The zero-order chi connectivity index (χ0) is 33.4. The minimum atomic E-state index is -0.160. The molecule has 246 valence electrons. The van der Waals surface area contributed by atoms with Crippen molar-refractivity contribution in [1.82, 2.24) is 25.0 Å². The first-order chi connectivity index (χ1) is 24.1. The molecule has 0 spiro atoms. The Bertz CT molecular complexity index is 2290. The SMILES string of the molecule is O=c1[nH]c(-c2ccc(OCCCc3cn(CCOCCOc4ccc(-c5cc(=O)c6ccccc6o5)cc4)nn3)cc2)nc2ccccc12. The number of rotatable bonds is 14. The van der Waals surface area contributed by atoms with Crippen LogP contribution >= 0.6 is 0 Å². The summed E-state index contributed by atoms with van der Waals surface area (Å²) in [6.07, 6.45) is 3.44. The Hall–Kier alpha value is -6.07. The number of fused-ring (bicyclic) bond motifs is 2. The fourth-order valence-corrected chi connectivity index (χ4v) is 5.38. The summed E-state index contributed by atoms with van der Waals surface area (Å²) in [7, 11) is 0. The van der Waals surface area contributed by atoms with Crippen molar-refractivity contribution in [3.8, 4) is 34.2 Å². The molecule has 0 bridgehead atoms. The number of nitrogens with zero attached hydrogens (tertiary/aromatic N) is 4. The highest BCUT2D eigenvalue weighted by Crippen LogP contribution is 2.24. The van der Waals surface area contributed by atoms with Crippen LogP contribution in [-0.4, -0.2) is 51.4 Å². The van der Waals surface area contributed by atoms with Crippen LogP contribution in [0.15, 0.2) is 123 Å². The minimum absolute atomic E-state index is 0.0713. The number of benzene rings is 4. The van der Waals surface area contributed by atoms with Crippen molar-refractivity contribution in [2.45, 2.75) is 19.4 Å². The molecule has 11 nitrogen and oxygen atoms in total. The van der Waals surface area contributed by atoms with E-state index in [-0.39, 0.29) is 11.0 Å². The lowest BCUT2D eigenvalue weighted by atomic mass is 10.1. The van der Waals surface area contributed by atoms with Crippen molar-refractivity contribution in [2.24, 2.45) is 0 Å². The Morgan fingerprint density at radius 3 is 2.27 bits per heavy atom. The summed E-state index contributed by atoms with van der Waals surface area (Å²) in [4.78, 5) is 32.2. The molecule has 0 saturated carbocycles. The monoisotopic (exact) mass is 655 g/mol. The van der Waals surface area contributed by atoms with Gasteiger partial charge in [-0.05, 0) is 85.6 Å².